The highest BCUT2D eigenvalue weighted by atomic mass is 16.5. The second kappa shape index (κ2) is 3.49. The van der Waals surface area contributed by atoms with Crippen molar-refractivity contribution in [2.24, 2.45) is 0 Å². The molecule has 0 aliphatic heterocycles. The molecule has 0 aromatic carbocycles. The first-order valence-electron chi connectivity index (χ1n) is 2.14. The molecule has 0 atom stereocenters. The van der Waals surface area contributed by atoms with E-state index in [9.17, 15) is 0 Å². The fourth-order valence-electron chi connectivity index (χ4n) is 0.253. The quantitative estimate of drug-likeness (QED) is 0.441. The minimum Gasteiger partial charge on any atom is -0.371 e. The average Bonchev–Trinajstić information content (AvgIpc) is 1.68. The number of rotatable bonds is 3. The molecule has 0 heterocycles. The van der Waals surface area contributed by atoms with Gasteiger partial charge in [0.15, 0.2) is 0 Å². The lowest BCUT2D eigenvalue weighted by Gasteiger charge is -2.01. The van der Waals surface area contributed by atoms with Gasteiger partial charge in [0, 0.05) is 6.54 Å². The van der Waals surface area contributed by atoms with Crippen LogP contribution in [-0.4, -0.2) is 11.8 Å². The van der Waals surface area contributed by atoms with Crippen molar-refractivity contribution < 1.29 is 5.21 Å². The normalized spacial score (nSPS) is 7.71. The summed E-state index contributed by atoms with van der Waals surface area (Å²) >= 11 is 0. The summed E-state index contributed by atoms with van der Waals surface area (Å²) in [6.07, 6.45) is 0. The van der Waals surface area contributed by atoms with Gasteiger partial charge in [-0.2, -0.15) is 0 Å². The largest absolute Gasteiger partial charge is 0.371 e. The van der Waals surface area contributed by atoms with E-state index in [4.69, 9.17) is 5.21 Å². The standard InChI is InChI=1S/C4H10N2O/c1-3-5-4(2)6-7/h5-7H,2-3H2,1H3. The van der Waals surface area contributed by atoms with Crippen molar-refractivity contribution in [1.29, 1.82) is 0 Å². The highest BCUT2D eigenvalue weighted by Crippen LogP contribution is 1.67. The summed E-state index contributed by atoms with van der Waals surface area (Å²) in [4.78, 5) is 0. The van der Waals surface area contributed by atoms with E-state index in [0.29, 0.717) is 5.82 Å². The average molecular weight is 102 g/mol. The third-order valence-electron chi connectivity index (χ3n) is 0.525. The molecular weight excluding hydrogens is 92.1 g/mol. The zero-order chi connectivity index (χ0) is 5.70. The van der Waals surface area contributed by atoms with Gasteiger partial charge in [0.1, 0.15) is 5.82 Å². The van der Waals surface area contributed by atoms with Gasteiger partial charge < -0.3 is 5.32 Å². The molecular formula is C4H10N2O. The molecule has 0 aliphatic carbocycles. The molecule has 0 amide bonds. The summed E-state index contributed by atoms with van der Waals surface area (Å²) in [5.41, 5.74) is 1.86. The van der Waals surface area contributed by atoms with Crippen molar-refractivity contribution in [3.8, 4) is 0 Å². The summed E-state index contributed by atoms with van der Waals surface area (Å²) < 4.78 is 0. The lowest BCUT2D eigenvalue weighted by Crippen LogP contribution is -2.21. The predicted octanol–water partition coefficient (Wildman–Crippen LogP) is 0.0459. The van der Waals surface area contributed by atoms with Crippen LogP contribution in [0.15, 0.2) is 12.4 Å². The van der Waals surface area contributed by atoms with Crippen LogP contribution in [0.25, 0.3) is 0 Å². The molecule has 0 spiro atoms. The molecule has 0 bridgehead atoms. The molecule has 0 radical (unpaired) electrons. The first-order chi connectivity index (χ1) is 3.31. The van der Waals surface area contributed by atoms with Crippen LogP contribution >= 0.6 is 0 Å². The predicted molar refractivity (Wildman–Crippen MR) is 27.7 cm³/mol. The molecule has 0 aromatic heterocycles. The fraction of sp³-hybridized carbons (Fsp3) is 0.500. The zero-order valence-corrected chi connectivity index (χ0v) is 4.36. The van der Waals surface area contributed by atoms with E-state index in [0.717, 1.165) is 6.54 Å². The molecule has 0 aromatic rings. The molecule has 0 aliphatic rings. The van der Waals surface area contributed by atoms with Gasteiger partial charge >= 0.3 is 0 Å². The van der Waals surface area contributed by atoms with Crippen molar-refractivity contribution in [3.05, 3.63) is 12.4 Å². The highest BCUT2D eigenvalue weighted by molar-refractivity contribution is 4.81. The maximum absolute atomic E-state index is 8.05. The van der Waals surface area contributed by atoms with Gasteiger partial charge in [-0.25, -0.2) is 0 Å². The Morgan fingerprint density at radius 1 is 1.86 bits per heavy atom. The zero-order valence-electron chi connectivity index (χ0n) is 4.36. The maximum atomic E-state index is 8.05. The number of nitrogens with one attached hydrogen (secondary N) is 2. The molecule has 3 N–H and O–H groups in total. The van der Waals surface area contributed by atoms with E-state index in [2.05, 4.69) is 11.9 Å². The molecule has 0 unspecified atom stereocenters. The van der Waals surface area contributed by atoms with Crippen LogP contribution in [-0.2, 0) is 0 Å². The Morgan fingerprint density at radius 3 is 2.57 bits per heavy atom. The summed E-state index contributed by atoms with van der Waals surface area (Å²) in [5, 5.41) is 10.8. The van der Waals surface area contributed by atoms with Gasteiger partial charge in [-0.05, 0) is 6.92 Å². The second-order valence-corrected chi connectivity index (χ2v) is 1.12. The molecule has 0 saturated heterocycles. The van der Waals surface area contributed by atoms with Gasteiger partial charge in [0.05, 0.1) is 0 Å². The van der Waals surface area contributed by atoms with E-state index in [1.54, 1.807) is 0 Å². The summed E-state index contributed by atoms with van der Waals surface area (Å²) in [6.45, 7) is 6.08. The minimum absolute atomic E-state index is 0.433. The van der Waals surface area contributed by atoms with Crippen LogP contribution < -0.4 is 10.8 Å². The fourth-order valence-corrected chi connectivity index (χ4v) is 0.253. The molecule has 0 rings (SSSR count). The van der Waals surface area contributed by atoms with E-state index < -0.39 is 0 Å². The Balaban J connectivity index is 3.00. The van der Waals surface area contributed by atoms with Gasteiger partial charge in [-0.3, -0.25) is 10.7 Å². The third-order valence-corrected chi connectivity index (χ3v) is 0.525. The molecule has 42 valence electrons. The lowest BCUT2D eigenvalue weighted by atomic mass is 10.7. The van der Waals surface area contributed by atoms with Crippen molar-refractivity contribution in [2.75, 3.05) is 6.54 Å². The Hall–Kier alpha value is -0.700. The second-order valence-electron chi connectivity index (χ2n) is 1.12. The summed E-state index contributed by atoms with van der Waals surface area (Å²) in [7, 11) is 0. The van der Waals surface area contributed by atoms with E-state index in [-0.39, 0.29) is 0 Å². The van der Waals surface area contributed by atoms with Crippen LogP contribution in [0.3, 0.4) is 0 Å². The van der Waals surface area contributed by atoms with Gasteiger partial charge in [-0.15, -0.1) is 0 Å². The van der Waals surface area contributed by atoms with Crippen molar-refractivity contribution in [2.45, 2.75) is 6.92 Å². The first kappa shape index (κ1) is 6.30. The maximum Gasteiger partial charge on any atom is 0.115 e. The van der Waals surface area contributed by atoms with Crippen molar-refractivity contribution >= 4 is 0 Å². The highest BCUT2D eigenvalue weighted by Gasteiger charge is 1.78. The Bertz CT molecular complexity index is 62.7. The van der Waals surface area contributed by atoms with E-state index >= 15 is 0 Å². The lowest BCUT2D eigenvalue weighted by molar-refractivity contribution is 0.192. The first-order valence-corrected chi connectivity index (χ1v) is 2.14. The Labute approximate surface area is 43.0 Å². The molecule has 3 nitrogen and oxygen atoms in total. The SMILES string of the molecule is C=C(NO)NCC. The Morgan fingerprint density at radius 2 is 2.43 bits per heavy atom. The minimum atomic E-state index is 0.433. The topological polar surface area (TPSA) is 44.3 Å². The number of hydroxylamine groups is 1. The summed E-state index contributed by atoms with van der Waals surface area (Å²) in [5.74, 6) is 0.433. The summed E-state index contributed by atoms with van der Waals surface area (Å²) in [6, 6.07) is 0. The van der Waals surface area contributed by atoms with Crippen molar-refractivity contribution in [3.63, 3.8) is 0 Å². The third kappa shape index (κ3) is 3.12. The van der Waals surface area contributed by atoms with Gasteiger partial charge in [0.2, 0.25) is 0 Å². The van der Waals surface area contributed by atoms with E-state index in [1.807, 2.05) is 12.4 Å². The Kier molecular flexibility index (Phi) is 3.14. The van der Waals surface area contributed by atoms with Gasteiger partial charge in [0.25, 0.3) is 0 Å². The van der Waals surface area contributed by atoms with Crippen molar-refractivity contribution in [1.82, 2.24) is 10.8 Å². The molecule has 0 saturated carbocycles. The number of hydrogen-bond donors (Lipinski definition) is 3. The molecule has 0 fully saturated rings. The van der Waals surface area contributed by atoms with E-state index in [1.165, 1.54) is 0 Å². The smallest absolute Gasteiger partial charge is 0.115 e. The monoisotopic (exact) mass is 102 g/mol. The number of hydrogen-bond acceptors (Lipinski definition) is 3. The molecule has 7 heavy (non-hydrogen) atoms. The van der Waals surface area contributed by atoms with Gasteiger partial charge in [-0.1, -0.05) is 6.58 Å². The van der Waals surface area contributed by atoms with Crippen LogP contribution in [0.4, 0.5) is 0 Å². The van der Waals surface area contributed by atoms with Crippen LogP contribution in [0.5, 0.6) is 0 Å². The van der Waals surface area contributed by atoms with Crippen LogP contribution in [0.2, 0.25) is 0 Å². The van der Waals surface area contributed by atoms with Crippen LogP contribution in [0, 0.1) is 0 Å². The van der Waals surface area contributed by atoms with Crippen LogP contribution in [0.1, 0.15) is 6.92 Å². The molecule has 3 heteroatoms.